The van der Waals surface area contributed by atoms with Gasteiger partial charge in [0.2, 0.25) is 5.91 Å². The first-order valence-electron chi connectivity index (χ1n) is 8.91. The Morgan fingerprint density at radius 2 is 1.91 bits per heavy atom. The Hall–Kier alpha value is -1.55. The van der Waals surface area contributed by atoms with Gasteiger partial charge in [0.15, 0.2) is 0 Å². The van der Waals surface area contributed by atoms with E-state index in [-0.39, 0.29) is 11.8 Å². The zero-order chi connectivity index (χ0) is 16.1. The summed E-state index contributed by atoms with van der Waals surface area (Å²) in [6.45, 7) is 1.87. The number of amides is 1. The Morgan fingerprint density at radius 3 is 2.57 bits per heavy atom. The molecule has 0 radical (unpaired) electrons. The molecule has 126 valence electrons. The number of nitrogens with one attached hydrogen (secondary N) is 1. The average molecular weight is 316 g/mol. The molecule has 1 aromatic rings. The standard InChI is InChI=1S/C19H28N2O2/c1-21(17-5-3-2-4-6-17)18-9-7-15(8-10-18)13-20-19(22)16-11-12-23-14-16/h7-10,16-17H,2-6,11-14H2,1H3,(H,20,22). The first kappa shape index (κ1) is 16.3. The summed E-state index contributed by atoms with van der Waals surface area (Å²) < 4.78 is 5.26. The molecule has 2 aliphatic rings. The molecule has 1 heterocycles. The highest BCUT2D eigenvalue weighted by molar-refractivity contribution is 5.79. The van der Waals surface area contributed by atoms with Crippen LogP contribution < -0.4 is 10.2 Å². The van der Waals surface area contributed by atoms with Crippen molar-refractivity contribution in [3.8, 4) is 0 Å². The normalized spacial score (nSPS) is 22.0. The van der Waals surface area contributed by atoms with E-state index in [9.17, 15) is 4.79 Å². The van der Waals surface area contributed by atoms with Crippen molar-refractivity contribution in [2.75, 3.05) is 25.2 Å². The van der Waals surface area contributed by atoms with Crippen LogP contribution in [0.3, 0.4) is 0 Å². The molecule has 0 spiro atoms. The van der Waals surface area contributed by atoms with Gasteiger partial charge in [0.25, 0.3) is 0 Å². The lowest BCUT2D eigenvalue weighted by atomic mass is 9.94. The lowest BCUT2D eigenvalue weighted by Gasteiger charge is -2.33. The van der Waals surface area contributed by atoms with Crippen LogP contribution in [0.25, 0.3) is 0 Å². The summed E-state index contributed by atoms with van der Waals surface area (Å²) >= 11 is 0. The van der Waals surface area contributed by atoms with Gasteiger partial charge in [-0.3, -0.25) is 4.79 Å². The zero-order valence-electron chi connectivity index (χ0n) is 14.1. The minimum atomic E-state index is 0.0340. The zero-order valence-corrected chi connectivity index (χ0v) is 14.1. The second kappa shape index (κ2) is 7.82. The molecule has 0 aromatic heterocycles. The minimum absolute atomic E-state index is 0.0340. The number of carbonyl (C=O) groups excluding carboxylic acids is 1. The van der Waals surface area contributed by atoms with E-state index in [4.69, 9.17) is 4.74 Å². The largest absolute Gasteiger partial charge is 0.381 e. The van der Waals surface area contributed by atoms with Gasteiger partial charge in [-0.15, -0.1) is 0 Å². The number of benzene rings is 1. The summed E-state index contributed by atoms with van der Waals surface area (Å²) in [6, 6.07) is 9.28. The number of anilines is 1. The lowest BCUT2D eigenvalue weighted by Crippen LogP contribution is -2.33. The fraction of sp³-hybridized carbons (Fsp3) is 0.632. The Bertz CT molecular complexity index is 503. The lowest BCUT2D eigenvalue weighted by molar-refractivity contribution is -0.125. The van der Waals surface area contributed by atoms with Gasteiger partial charge >= 0.3 is 0 Å². The predicted octanol–water partition coefficient (Wildman–Crippen LogP) is 3.11. The van der Waals surface area contributed by atoms with Crippen LogP contribution in [-0.2, 0) is 16.1 Å². The van der Waals surface area contributed by atoms with Crippen LogP contribution in [0.5, 0.6) is 0 Å². The summed E-state index contributed by atoms with van der Waals surface area (Å²) in [6.07, 6.45) is 7.54. The summed E-state index contributed by atoms with van der Waals surface area (Å²) in [7, 11) is 2.20. The third kappa shape index (κ3) is 4.25. The van der Waals surface area contributed by atoms with E-state index >= 15 is 0 Å². The highest BCUT2D eigenvalue weighted by atomic mass is 16.5. The maximum Gasteiger partial charge on any atom is 0.225 e. The average Bonchev–Trinajstić information content (AvgIpc) is 3.15. The van der Waals surface area contributed by atoms with Crippen molar-refractivity contribution < 1.29 is 9.53 Å². The van der Waals surface area contributed by atoms with Crippen molar-refractivity contribution in [3.05, 3.63) is 29.8 Å². The quantitative estimate of drug-likeness (QED) is 0.907. The molecule has 23 heavy (non-hydrogen) atoms. The van der Waals surface area contributed by atoms with E-state index in [1.54, 1.807) is 0 Å². The van der Waals surface area contributed by atoms with Crippen molar-refractivity contribution in [2.24, 2.45) is 5.92 Å². The van der Waals surface area contributed by atoms with Gasteiger partial charge in [0, 0.05) is 31.9 Å². The highest BCUT2D eigenvalue weighted by Crippen LogP contribution is 2.26. The number of ether oxygens (including phenoxy) is 1. The molecule has 4 nitrogen and oxygen atoms in total. The van der Waals surface area contributed by atoms with Crippen molar-refractivity contribution in [1.82, 2.24) is 5.32 Å². The fourth-order valence-electron chi connectivity index (χ4n) is 3.60. The minimum Gasteiger partial charge on any atom is -0.381 e. The summed E-state index contributed by atoms with van der Waals surface area (Å²) in [5, 5.41) is 3.02. The molecular formula is C19H28N2O2. The summed E-state index contributed by atoms with van der Waals surface area (Å²) in [5.41, 5.74) is 2.43. The van der Waals surface area contributed by atoms with E-state index in [0.29, 0.717) is 25.8 Å². The molecular weight excluding hydrogens is 288 g/mol. The Balaban J connectivity index is 1.51. The van der Waals surface area contributed by atoms with Crippen molar-refractivity contribution in [1.29, 1.82) is 0 Å². The van der Waals surface area contributed by atoms with Gasteiger partial charge in [-0.2, -0.15) is 0 Å². The van der Waals surface area contributed by atoms with Crippen molar-refractivity contribution in [3.63, 3.8) is 0 Å². The molecule has 4 heteroatoms. The molecule has 0 bridgehead atoms. The van der Waals surface area contributed by atoms with Gasteiger partial charge in [0.05, 0.1) is 12.5 Å². The summed E-state index contributed by atoms with van der Waals surface area (Å²) in [4.78, 5) is 14.4. The van der Waals surface area contributed by atoms with Crippen LogP contribution in [0, 0.1) is 5.92 Å². The molecule has 1 aliphatic heterocycles. The van der Waals surface area contributed by atoms with E-state index in [2.05, 4.69) is 41.5 Å². The Kier molecular flexibility index (Phi) is 5.55. The van der Waals surface area contributed by atoms with Gasteiger partial charge in [-0.25, -0.2) is 0 Å². The SMILES string of the molecule is CN(c1ccc(CNC(=O)C2CCOC2)cc1)C1CCCCC1. The van der Waals surface area contributed by atoms with Crippen molar-refractivity contribution >= 4 is 11.6 Å². The number of hydrogen-bond donors (Lipinski definition) is 1. The molecule has 1 aliphatic carbocycles. The van der Waals surface area contributed by atoms with Crippen LogP contribution in [0.2, 0.25) is 0 Å². The van der Waals surface area contributed by atoms with E-state index in [1.165, 1.54) is 37.8 Å². The van der Waals surface area contributed by atoms with Crippen LogP contribution in [0.1, 0.15) is 44.1 Å². The molecule has 3 rings (SSSR count). The van der Waals surface area contributed by atoms with Gasteiger partial charge in [0.1, 0.15) is 0 Å². The number of hydrogen-bond acceptors (Lipinski definition) is 3. The maximum atomic E-state index is 12.0. The molecule has 1 saturated carbocycles. The fourth-order valence-corrected chi connectivity index (χ4v) is 3.60. The monoisotopic (exact) mass is 316 g/mol. The van der Waals surface area contributed by atoms with Gasteiger partial charge in [-0.1, -0.05) is 31.4 Å². The number of nitrogens with zero attached hydrogens (tertiary/aromatic N) is 1. The van der Waals surface area contributed by atoms with Gasteiger partial charge < -0.3 is 15.0 Å². The van der Waals surface area contributed by atoms with Gasteiger partial charge in [-0.05, 0) is 37.0 Å². The Morgan fingerprint density at radius 1 is 1.17 bits per heavy atom. The molecule has 1 amide bonds. The molecule has 1 saturated heterocycles. The molecule has 1 unspecified atom stereocenters. The third-order valence-electron chi connectivity index (χ3n) is 5.23. The van der Waals surface area contributed by atoms with Crippen molar-refractivity contribution in [2.45, 2.75) is 51.1 Å². The molecule has 1 atom stereocenters. The predicted molar refractivity (Wildman–Crippen MR) is 92.5 cm³/mol. The van der Waals surface area contributed by atoms with E-state index in [0.717, 1.165) is 12.0 Å². The number of rotatable bonds is 5. The third-order valence-corrected chi connectivity index (χ3v) is 5.23. The molecule has 2 fully saturated rings. The maximum absolute atomic E-state index is 12.0. The first-order chi connectivity index (χ1) is 11.2. The van der Waals surface area contributed by atoms with Crippen LogP contribution >= 0.6 is 0 Å². The Labute approximate surface area is 139 Å². The second-order valence-corrected chi connectivity index (χ2v) is 6.85. The van der Waals surface area contributed by atoms with Crippen LogP contribution in [0.15, 0.2) is 24.3 Å². The smallest absolute Gasteiger partial charge is 0.225 e. The van der Waals surface area contributed by atoms with E-state index in [1.807, 2.05) is 0 Å². The topological polar surface area (TPSA) is 41.6 Å². The van der Waals surface area contributed by atoms with Crippen LogP contribution in [-0.4, -0.2) is 32.2 Å². The first-order valence-corrected chi connectivity index (χ1v) is 8.91. The molecule has 1 N–H and O–H groups in total. The second-order valence-electron chi connectivity index (χ2n) is 6.85. The van der Waals surface area contributed by atoms with E-state index < -0.39 is 0 Å². The number of carbonyl (C=O) groups is 1. The summed E-state index contributed by atoms with van der Waals surface area (Å²) in [5.74, 6) is 0.151. The molecule has 1 aromatic carbocycles. The van der Waals surface area contributed by atoms with Crippen LogP contribution in [0.4, 0.5) is 5.69 Å². The highest BCUT2D eigenvalue weighted by Gasteiger charge is 2.23.